The average Bonchev–Trinajstić information content (AvgIpc) is 3.44. The second kappa shape index (κ2) is 11.3. The van der Waals surface area contributed by atoms with Gasteiger partial charge in [-0.15, -0.1) is 0 Å². The Hall–Kier alpha value is -2.75. The Morgan fingerprint density at radius 3 is 2.76 bits per heavy atom. The zero-order chi connectivity index (χ0) is 26.9. The number of methoxy groups -OCH3 is 1. The monoisotopic (exact) mass is 531 g/mol. The Kier molecular flexibility index (Phi) is 8.36. The molecule has 10 heteroatoms. The largest absolute Gasteiger partial charge is 0.488 e. The Morgan fingerprint density at radius 1 is 1.30 bits per heavy atom. The van der Waals surface area contributed by atoms with Gasteiger partial charge >= 0.3 is 0 Å². The highest BCUT2D eigenvalue weighted by atomic mass is 35.5. The van der Waals surface area contributed by atoms with E-state index < -0.39 is 5.82 Å². The lowest BCUT2D eigenvalue weighted by atomic mass is 10.1. The minimum absolute atomic E-state index is 0.205. The topological polar surface area (TPSA) is 72.2 Å². The van der Waals surface area contributed by atoms with E-state index in [1.807, 2.05) is 27.8 Å². The van der Waals surface area contributed by atoms with E-state index in [1.54, 1.807) is 16.5 Å². The van der Waals surface area contributed by atoms with E-state index in [1.165, 1.54) is 18.2 Å². The van der Waals surface area contributed by atoms with Crippen molar-refractivity contribution >= 4 is 23.2 Å². The van der Waals surface area contributed by atoms with Gasteiger partial charge in [0.25, 0.3) is 5.91 Å². The smallest absolute Gasteiger partial charge is 0.258 e. The van der Waals surface area contributed by atoms with Crippen LogP contribution in [0, 0.1) is 19.7 Å². The Balaban J connectivity index is 1.53. The molecule has 1 aromatic carbocycles. The van der Waals surface area contributed by atoms with Crippen LogP contribution in [0.1, 0.15) is 59.7 Å². The van der Waals surface area contributed by atoms with Crippen LogP contribution in [-0.2, 0) is 17.8 Å². The molecule has 0 aliphatic carbocycles. The van der Waals surface area contributed by atoms with Crippen molar-refractivity contribution in [2.75, 3.05) is 27.3 Å². The van der Waals surface area contributed by atoms with Crippen molar-refractivity contribution in [3.63, 3.8) is 0 Å². The van der Waals surface area contributed by atoms with Crippen LogP contribution >= 0.6 is 11.6 Å². The van der Waals surface area contributed by atoms with Gasteiger partial charge in [-0.05, 0) is 52.8 Å². The van der Waals surface area contributed by atoms with E-state index in [0.29, 0.717) is 54.9 Å². The van der Waals surface area contributed by atoms with E-state index in [4.69, 9.17) is 21.1 Å². The summed E-state index contributed by atoms with van der Waals surface area (Å²) in [5.74, 6) is -0.423. The molecule has 3 heterocycles. The normalized spacial score (nSPS) is 14.9. The van der Waals surface area contributed by atoms with Crippen LogP contribution in [0.3, 0.4) is 0 Å². The summed E-state index contributed by atoms with van der Waals surface area (Å²) in [7, 11) is 3.73. The Labute approximate surface area is 222 Å². The standard InChI is InChI=1S/C27H35ClFN5O3/c1-7-20(13-32(5)16(2)10-11-36-6)37-24-12-19(29)8-9-21(24)27(35)33-14-22-23(15-33)31-34-18(4)25(28)17(3)30-26(22)34/h8-9,12,16,20H,7,10-11,13-15H2,1-6H3. The second-order valence-electron chi connectivity index (χ2n) is 9.78. The van der Waals surface area contributed by atoms with Gasteiger partial charge in [-0.25, -0.2) is 13.9 Å². The lowest BCUT2D eigenvalue weighted by Crippen LogP contribution is -2.39. The van der Waals surface area contributed by atoms with Crippen LogP contribution in [0.25, 0.3) is 5.65 Å². The third-order valence-electron chi connectivity index (χ3n) is 7.15. The van der Waals surface area contributed by atoms with Gasteiger partial charge in [0.15, 0.2) is 5.65 Å². The number of likely N-dealkylation sites (N-methyl/N-ethyl adjacent to an activating group) is 1. The van der Waals surface area contributed by atoms with Crippen molar-refractivity contribution in [1.82, 2.24) is 24.4 Å². The zero-order valence-electron chi connectivity index (χ0n) is 22.3. The van der Waals surface area contributed by atoms with E-state index in [2.05, 4.69) is 21.9 Å². The fourth-order valence-electron chi connectivity index (χ4n) is 4.64. The molecule has 37 heavy (non-hydrogen) atoms. The lowest BCUT2D eigenvalue weighted by molar-refractivity contribution is 0.0732. The van der Waals surface area contributed by atoms with Crippen molar-refractivity contribution in [3.8, 4) is 5.75 Å². The SMILES string of the molecule is CCC(CN(C)C(C)CCOC)Oc1cc(F)ccc1C(=O)N1Cc2nn3c(C)c(Cl)c(C)nc3c2C1. The van der Waals surface area contributed by atoms with Crippen molar-refractivity contribution in [2.24, 2.45) is 0 Å². The molecule has 2 aromatic heterocycles. The summed E-state index contributed by atoms with van der Waals surface area (Å²) in [6, 6.07) is 4.39. The van der Waals surface area contributed by atoms with Crippen LogP contribution in [-0.4, -0.2) is 69.8 Å². The van der Waals surface area contributed by atoms with E-state index >= 15 is 0 Å². The highest BCUT2D eigenvalue weighted by molar-refractivity contribution is 6.31. The third kappa shape index (κ3) is 5.58. The number of fused-ring (bicyclic) bond motifs is 3. The summed E-state index contributed by atoms with van der Waals surface area (Å²) >= 11 is 6.35. The van der Waals surface area contributed by atoms with Gasteiger partial charge in [0.05, 0.1) is 40.8 Å². The van der Waals surface area contributed by atoms with Gasteiger partial charge in [0, 0.05) is 37.9 Å². The first-order valence-corrected chi connectivity index (χ1v) is 13.0. The predicted octanol–water partition coefficient (Wildman–Crippen LogP) is 4.81. The Bertz CT molecular complexity index is 1300. The zero-order valence-corrected chi connectivity index (χ0v) is 23.1. The van der Waals surface area contributed by atoms with Gasteiger partial charge in [-0.2, -0.15) is 5.10 Å². The summed E-state index contributed by atoms with van der Waals surface area (Å²) in [6.07, 6.45) is 1.40. The molecule has 4 rings (SSSR count). The molecule has 0 N–H and O–H groups in total. The first-order valence-electron chi connectivity index (χ1n) is 12.6. The molecular weight excluding hydrogens is 497 g/mol. The molecule has 0 radical (unpaired) electrons. The average molecular weight is 532 g/mol. The van der Waals surface area contributed by atoms with Gasteiger partial charge < -0.3 is 14.4 Å². The van der Waals surface area contributed by atoms with Crippen LogP contribution in [0.4, 0.5) is 4.39 Å². The number of benzene rings is 1. The molecule has 8 nitrogen and oxygen atoms in total. The molecule has 0 spiro atoms. The first-order chi connectivity index (χ1) is 17.6. The molecule has 1 aliphatic heterocycles. The molecule has 1 aliphatic rings. The highest BCUT2D eigenvalue weighted by Gasteiger charge is 2.32. The van der Waals surface area contributed by atoms with Crippen molar-refractivity contribution in [1.29, 1.82) is 0 Å². The minimum atomic E-state index is -0.447. The number of rotatable bonds is 10. The van der Waals surface area contributed by atoms with Gasteiger partial charge in [0.1, 0.15) is 17.7 Å². The van der Waals surface area contributed by atoms with Crippen molar-refractivity contribution in [2.45, 2.75) is 65.8 Å². The van der Waals surface area contributed by atoms with Gasteiger partial charge in [-0.3, -0.25) is 9.69 Å². The fraction of sp³-hybridized carbons (Fsp3) is 0.519. The second-order valence-corrected chi connectivity index (χ2v) is 10.2. The van der Waals surface area contributed by atoms with E-state index in [0.717, 1.165) is 29.1 Å². The third-order valence-corrected chi connectivity index (χ3v) is 7.70. The number of carbonyl (C=O) groups excluding carboxylic acids is 1. The van der Waals surface area contributed by atoms with Crippen LogP contribution in [0.15, 0.2) is 18.2 Å². The highest BCUT2D eigenvalue weighted by Crippen LogP contribution is 2.32. The molecule has 0 fully saturated rings. The minimum Gasteiger partial charge on any atom is -0.488 e. The van der Waals surface area contributed by atoms with Gasteiger partial charge in [-0.1, -0.05) is 18.5 Å². The summed E-state index contributed by atoms with van der Waals surface area (Å²) in [6.45, 7) is 9.93. The number of halogens is 2. The van der Waals surface area contributed by atoms with Crippen molar-refractivity contribution in [3.05, 3.63) is 57.2 Å². The molecule has 0 bridgehead atoms. The van der Waals surface area contributed by atoms with Gasteiger partial charge in [0.2, 0.25) is 0 Å². The fourth-order valence-corrected chi connectivity index (χ4v) is 4.76. The van der Waals surface area contributed by atoms with Crippen molar-refractivity contribution < 1.29 is 18.7 Å². The molecule has 200 valence electrons. The number of carbonyl (C=O) groups is 1. The van der Waals surface area contributed by atoms with Crippen LogP contribution in [0.5, 0.6) is 5.75 Å². The molecule has 0 saturated carbocycles. The summed E-state index contributed by atoms with van der Waals surface area (Å²) in [4.78, 5) is 22.1. The molecule has 0 saturated heterocycles. The molecular formula is C27H35ClFN5O3. The number of hydrogen-bond acceptors (Lipinski definition) is 6. The maximum Gasteiger partial charge on any atom is 0.258 e. The number of hydrogen-bond donors (Lipinski definition) is 0. The molecule has 2 unspecified atom stereocenters. The molecule has 3 aromatic rings. The lowest BCUT2D eigenvalue weighted by Gasteiger charge is -2.29. The number of ether oxygens (including phenoxy) is 2. The first kappa shape index (κ1) is 27.3. The summed E-state index contributed by atoms with van der Waals surface area (Å²) in [5, 5.41) is 5.24. The Morgan fingerprint density at radius 2 is 2.05 bits per heavy atom. The molecule has 2 atom stereocenters. The van der Waals surface area contributed by atoms with E-state index in [9.17, 15) is 9.18 Å². The maximum atomic E-state index is 14.3. The number of nitrogens with zero attached hydrogens (tertiary/aromatic N) is 5. The maximum absolute atomic E-state index is 14.3. The van der Waals surface area contributed by atoms with Crippen LogP contribution < -0.4 is 4.74 Å². The quantitative estimate of drug-likeness (QED) is 0.374. The predicted molar refractivity (Wildman–Crippen MR) is 141 cm³/mol. The number of aryl methyl sites for hydroxylation is 2. The van der Waals surface area contributed by atoms with E-state index in [-0.39, 0.29) is 17.8 Å². The number of aromatic nitrogens is 3. The molecule has 1 amide bonds. The summed E-state index contributed by atoms with van der Waals surface area (Å²) in [5.41, 5.74) is 4.27. The van der Waals surface area contributed by atoms with Crippen LogP contribution in [0.2, 0.25) is 5.02 Å². The summed E-state index contributed by atoms with van der Waals surface area (Å²) < 4.78 is 27.4. The number of amides is 1.